The molecule has 1 amide bonds. The standard InChI is InChI=1S/C12H18N2O3/c1-12(2,3)17-11(15)14-9-6-5-8(13)7-10(9)16-4/h5-7H,13H2,1-4H3,(H,14,15). The summed E-state index contributed by atoms with van der Waals surface area (Å²) in [6.45, 7) is 5.40. The quantitative estimate of drug-likeness (QED) is 0.777. The highest BCUT2D eigenvalue weighted by Crippen LogP contribution is 2.27. The third-order valence-electron chi connectivity index (χ3n) is 1.86. The smallest absolute Gasteiger partial charge is 0.412 e. The molecule has 0 unspecified atom stereocenters. The second-order valence-corrected chi connectivity index (χ2v) is 4.59. The Morgan fingerprint density at radius 3 is 2.53 bits per heavy atom. The molecule has 0 saturated heterocycles. The Hall–Kier alpha value is -1.91. The molecule has 0 aliphatic heterocycles. The number of nitrogens with two attached hydrogens (primary N) is 1. The number of rotatable bonds is 2. The maximum atomic E-state index is 11.6. The first-order valence-electron chi connectivity index (χ1n) is 5.25. The summed E-state index contributed by atoms with van der Waals surface area (Å²) in [5.41, 5.74) is 6.17. The van der Waals surface area contributed by atoms with E-state index < -0.39 is 11.7 Å². The van der Waals surface area contributed by atoms with Crippen molar-refractivity contribution < 1.29 is 14.3 Å². The average Bonchev–Trinajstić information content (AvgIpc) is 2.17. The molecular formula is C12H18N2O3. The van der Waals surface area contributed by atoms with Gasteiger partial charge in [-0.15, -0.1) is 0 Å². The molecule has 0 atom stereocenters. The summed E-state index contributed by atoms with van der Waals surface area (Å²) in [6.07, 6.45) is -0.527. The maximum absolute atomic E-state index is 11.6. The Bertz CT molecular complexity index is 411. The van der Waals surface area contributed by atoms with Gasteiger partial charge in [0.15, 0.2) is 0 Å². The van der Waals surface area contributed by atoms with Crippen molar-refractivity contribution in [3.63, 3.8) is 0 Å². The Labute approximate surface area is 101 Å². The van der Waals surface area contributed by atoms with E-state index in [2.05, 4.69) is 5.32 Å². The maximum Gasteiger partial charge on any atom is 0.412 e. The van der Waals surface area contributed by atoms with Crippen molar-refractivity contribution in [1.29, 1.82) is 0 Å². The Kier molecular flexibility index (Phi) is 3.83. The van der Waals surface area contributed by atoms with Crippen LogP contribution in [-0.2, 0) is 4.74 Å². The lowest BCUT2D eigenvalue weighted by atomic mass is 10.2. The number of amides is 1. The minimum atomic E-state index is -0.537. The third kappa shape index (κ3) is 4.22. The van der Waals surface area contributed by atoms with Crippen molar-refractivity contribution in [3.8, 4) is 5.75 Å². The van der Waals surface area contributed by atoms with Gasteiger partial charge < -0.3 is 15.2 Å². The molecule has 0 fully saturated rings. The molecule has 94 valence electrons. The van der Waals surface area contributed by atoms with E-state index in [9.17, 15) is 4.79 Å². The normalized spacial score (nSPS) is 10.8. The molecule has 0 heterocycles. The van der Waals surface area contributed by atoms with Crippen molar-refractivity contribution >= 4 is 17.5 Å². The molecule has 17 heavy (non-hydrogen) atoms. The molecule has 0 radical (unpaired) electrons. The fourth-order valence-corrected chi connectivity index (χ4v) is 1.22. The minimum Gasteiger partial charge on any atom is -0.494 e. The molecule has 1 aromatic carbocycles. The van der Waals surface area contributed by atoms with E-state index in [0.717, 1.165) is 0 Å². The Morgan fingerprint density at radius 2 is 2.00 bits per heavy atom. The van der Waals surface area contributed by atoms with Gasteiger partial charge in [-0.2, -0.15) is 0 Å². The van der Waals surface area contributed by atoms with E-state index in [1.807, 2.05) is 0 Å². The number of ether oxygens (including phenoxy) is 2. The number of hydrogen-bond acceptors (Lipinski definition) is 4. The van der Waals surface area contributed by atoms with Crippen LogP contribution in [0.15, 0.2) is 18.2 Å². The van der Waals surface area contributed by atoms with Crippen LogP contribution in [0.2, 0.25) is 0 Å². The number of benzene rings is 1. The summed E-state index contributed by atoms with van der Waals surface area (Å²) in [4.78, 5) is 11.6. The zero-order valence-electron chi connectivity index (χ0n) is 10.5. The van der Waals surface area contributed by atoms with Crippen molar-refractivity contribution in [3.05, 3.63) is 18.2 Å². The summed E-state index contributed by atoms with van der Waals surface area (Å²) in [5, 5.41) is 2.60. The van der Waals surface area contributed by atoms with Crippen molar-refractivity contribution in [2.45, 2.75) is 26.4 Å². The molecule has 0 bridgehead atoms. The zero-order valence-corrected chi connectivity index (χ0v) is 10.5. The van der Waals surface area contributed by atoms with Crippen LogP contribution in [0, 0.1) is 0 Å². The highest BCUT2D eigenvalue weighted by atomic mass is 16.6. The first-order valence-corrected chi connectivity index (χ1v) is 5.25. The van der Waals surface area contributed by atoms with Crippen LogP contribution < -0.4 is 15.8 Å². The number of hydrogen-bond donors (Lipinski definition) is 2. The molecule has 0 aromatic heterocycles. The van der Waals surface area contributed by atoms with E-state index >= 15 is 0 Å². The number of methoxy groups -OCH3 is 1. The largest absolute Gasteiger partial charge is 0.494 e. The second kappa shape index (κ2) is 4.95. The van der Waals surface area contributed by atoms with Crippen LogP contribution in [-0.4, -0.2) is 18.8 Å². The molecule has 0 aliphatic carbocycles. The van der Waals surface area contributed by atoms with Crippen LogP contribution >= 0.6 is 0 Å². The summed E-state index contributed by atoms with van der Waals surface area (Å²) >= 11 is 0. The Morgan fingerprint density at radius 1 is 1.35 bits per heavy atom. The van der Waals surface area contributed by atoms with Crippen LogP contribution in [0.25, 0.3) is 0 Å². The third-order valence-corrected chi connectivity index (χ3v) is 1.86. The molecule has 0 saturated carbocycles. The fraction of sp³-hybridized carbons (Fsp3) is 0.417. The van der Waals surface area contributed by atoms with Gasteiger partial charge in [-0.3, -0.25) is 5.32 Å². The molecule has 5 nitrogen and oxygen atoms in total. The lowest BCUT2D eigenvalue weighted by molar-refractivity contribution is 0.0635. The SMILES string of the molecule is COc1cc(N)ccc1NC(=O)OC(C)(C)C. The first-order chi connectivity index (χ1) is 7.81. The van der Waals surface area contributed by atoms with Crippen LogP contribution in [0.3, 0.4) is 0 Å². The highest BCUT2D eigenvalue weighted by Gasteiger charge is 2.17. The van der Waals surface area contributed by atoms with Crippen molar-refractivity contribution in [2.24, 2.45) is 0 Å². The number of anilines is 2. The fourth-order valence-electron chi connectivity index (χ4n) is 1.22. The predicted molar refractivity (Wildman–Crippen MR) is 67.3 cm³/mol. The van der Waals surface area contributed by atoms with Gasteiger partial charge in [-0.05, 0) is 32.9 Å². The van der Waals surface area contributed by atoms with E-state index in [0.29, 0.717) is 17.1 Å². The number of nitrogens with one attached hydrogen (secondary N) is 1. The monoisotopic (exact) mass is 238 g/mol. The van der Waals surface area contributed by atoms with E-state index in [-0.39, 0.29) is 0 Å². The number of carbonyl (C=O) groups is 1. The van der Waals surface area contributed by atoms with Crippen LogP contribution in [0.4, 0.5) is 16.2 Å². The molecule has 1 rings (SSSR count). The second-order valence-electron chi connectivity index (χ2n) is 4.59. The Balaban J connectivity index is 2.78. The van der Waals surface area contributed by atoms with Gasteiger partial charge in [0, 0.05) is 11.8 Å². The molecule has 1 aromatic rings. The van der Waals surface area contributed by atoms with Gasteiger partial charge in [-0.25, -0.2) is 4.79 Å². The summed E-state index contributed by atoms with van der Waals surface area (Å²) in [7, 11) is 1.51. The van der Waals surface area contributed by atoms with Crippen molar-refractivity contribution in [2.75, 3.05) is 18.2 Å². The number of carbonyl (C=O) groups excluding carboxylic acids is 1. The predicted octanol–water partition coefficient (Wildman–Crippen LogP) is 2.62. The van der Waals surface area contributed by atoms with Gasteiger partial charge >= 0.3 is 6.09 Å². The molecule has 0 aliphatic rings. The van der Waals surface area contributed by atoms with Gasteiger partial charge in [0.1, 0.15) is 11.4 Å². The van der Waals surface area contributed by atoms with Gasteiger partial charge in [0.2, 0.25) is 0 Å². The van der Waals surface area contributed by atoms with Gasteiger partial charge in [0.05, 0.1) is 12.8 Å². The van der Waals surface area contributed by atoms with Crippen LogP contribution in [0.1, 0.15) is 20.8 Å². The molecule has 3 N–H and O–H groups in total. The average molecular weight is 238 g/mol. The van der Waals surface area contributed by atoms with E-state index in [4.69, 9.17) is 15.2 Å². The highest BCUT2D eigenvalue weighted by molar-refractivity contribution is 5.87. The summed E-state index contributed by atoms with van der Waals surface area (Å²) < 4.78 is 10.2. The van der Waals surface area contributed by atoms with Crippen molar-refractivity contribution in [1.82, 2.24) is 0 Å². The first kappa shape index (κ1) is 13.2. The lowest BCUT2D eigenvalue weighted by Crippen LogP contribution is -2.27. The van der Waals surface area contributed by atoms with Crippen LogP contribution in [0.5, 0.6) is 5.75 Å². The van der Waals surface area contributed by atoms with E-state index in [1.54, 1.807) is 39.0 Å². The van der Waals surface area contributed by atoms with Gasteiger partial charge in [0.25, 0.3) is 0 Å². The minimum absolute atomic E-state index is 0.496. The summed E-state index contributed by atoms with van der Waals surface area (Å²) in [6, 6.07) is 4.97. The summed E-state index contributed by atoms with van der Waals surface area (Å²) in [5.74, 6) is 0.496. The lowest BCUT2D eigenvalue weighted by Gasteiger charge is -2.20. The molecule has 5 heteroatoms. The van der Waals surface area contributed by atoms with Gasteiger partial charge in [-0.1, -0.05) is 0 Å². The topological polar surface area (TPSA) is 73.6 Å². The molecule has 0 spiro atoms. The molecular weight excluding hydrogens is 220 g/mol. The number of nitrogen functional groups attached to an aromatic ring is 1. The van der Waals surface area contributed by atoms with E-state index in [1.165, 1.54) is 7.11 Å². The zero-order chi connectivity index (χ0) is 13.1.